The fourth-order valence-corrected chi connectivity index (χ4v) is 5.27. The third-order valence-electron chi connectivity index (χ3n) is 6.01. The molecule has 1 unspecified atom stereocenters. The molecule has 0 aliphatic heterocycles. The number of pyridine rings is 1. The number of nitrogens with zero attached hydrogens (tertiary/aromatic N) is 3. The monoisotopic (exact) mass is 601 g/mol. The van der Waals surface area contributed by atoms with E-state index in [4.69, 9.17) is 18.6 Å². The number of hydrogen-bond donors (Lipinski definition) is 0. The third-order valence-corrected chi connectivity index (χ3v) is 7.22. The van der Waals surface area contributed by atoms with Gasteiger partial charge in [-0.2, -0.15) is 22.7 Å². The summed E-state index contributed by atoms with van der Waals surface area (Å²) in [6, 6.07) is 15.8. The highest BCUT2D eigenvalue weighted by Gasteiger charge is 2.30. The molecule has 0 N–H and O–H groups in total. The molecule has 218 valence electrons. The van der Waals surface area contributed by atoms with Crippen molar-refractivity contribution in [3.63, 3.8) is 0 Å². The Morgan fingerprint density at radius 1 is 1.07 bits per heavy atom. The van der Waals surface area contributed by atoms with Gasteiger partial charge in [0.1, 0.15) is 30.3 Å². The number of halogens is 3. The molecule has 42 heavy (non-hydrogen) atoms. The van der Waals surface area contributed by atoms with Gasteiger partial charge >= 0.3 is 23.1 Å². The zero-order valence-electron chi connectivity index (χ0n) is 21.9. The Morgan fingerprint density at radius 2 is 1.86 bits per heavy atom. The first-order valence-electron chi connectivity index (χ1n) is 12.4. The van der Waals surface area contributed by atoms with Crippen LogP contribution in [0.3, 0.4) is 0 Å². The van der Waals surface area contributed by atoms with Gasteiger partial charge in [-0.25, -0.2) is 9.59 Å². The van der Waals surface area contributed by atoms with Gasteiger partial charge in [-0.15, -0.1) is 0 Å². The molecule has 3 heterocycles. The maximum Gasteiger partial charge on any atom is 0.423 e. The molecule has 0 saturated heterocycles. The van der Waals surface area contributed by atoms with Crippen LogP contribution in [-0.2, 0) is 21.7 Å². The lowest BCUT2D eigenvalue weighted by molar-refractivity contribution is -0.153. The fourth-order valence-electron chi connectivity index (χ4n) is 4.03. The van der Waals surface area contributed by atoms with E-state index in [-0.39, 0.29) is 41.1 Å². The molecule has 1 atom stereocenters. The second kappa shape index (κ2) is 12.1. The van der Waals surface area contributed by atoms with E-state index in [1.165, 1.54) is 25.3 Å². The van der Waals surface area contributed by atoms with Crippen LogP contribution in [0.5, 0.6) is 11.5 Å². The van der Waals surface area contributed by atoms with Crippen LogP contribution in [0.2, 0.25) is 0 Å². The molecule has 0 aliphatic rings. The van der Waals surface area contributed by atoms with Gasteiger partial charge in [-0.05, 0) is 43.3 Å². The average Bonchev–Trinajstić information content (AvgIpc) is 3.35. The minimum atomic E-state index is -4.53. The summed E-state index contributed by atoms with van der Waals surface area (Å²) in [6.45, 7) is -0.185. The molecule has 0 bridgehead atoms. The van der Waals surface area contributed by atoms with Crippen molar-refractivity contribution in [2.24, 2.45) is 0 Å². The van der Waals surface area contributed by atoms with Crippen LogP contribution in [-0.4, -0.2) is 51.2 Å². The SMILES string of the molecule is Cc1c(OCC(F)(F)F)ccnc1C[S+]([O-])c1nc2ccccc2n1C(=O)OCCOc1ccc2ccc(=O)oc2c1. The van der Waals surface area contributed by atoms with Crippen molar-refractivity contribution in [3.05, 3.63) is 88.5 Å². The number of aromatic nitrogens is 3. The first-order valence-corrected chi connectivity index (χ1v) is 13.7. The summed E-state index contributed by atoms with van der Waals surface area (Å²) in [5, 5.41) is 0.598. The Labute approximate surface area is 238 Å². The van der Waals surface area contributed by atoms with Crippen molar-refractivity contribution in [1.29, 1.82) is 0 Å². The van der Waals surface area contributed by atoms with Crippen LogP contribution < -0.4 is 15.1 Å². The molecule has 0 amide bonds. The standard InChI is InChI=1S/C28H22F3N3O7S/c1-17-21(32-11-10-23(17)40-16-28(29,30)31)15-42(37)26-33-20-4-2-3-5-22(20)34(26)27(36)39-13-12-38-19-8-6-18-7-9-25(35)41-24(18)14-19/h2-11,14H,12-13,15-16H2,1H3. The number of carbonyl (C=O) groups is 1. The van der Waals surface area contributed by atoms with Gasteiger partial charge in [-0.3, -0.25) is 4.98 Å². The van der Waals surface area contributed by atoms with E-state index in [0.717, 1.165) is 4.57 Å². The van der Waals surface area contributed by atoms with E-state index in [0.29, 0.717) is 27.8 Å². The quantitative estimate of drug-likeness (QED) is 0.128. The largest absolute Gasteiger partial charge is 0.609 e. The van der Waals surface area contributed by atoms with Crippen LogP contribution >= 0.6 is 0 Å². The number of para-hydroxylation sites is 2. The van der Waals surface area contributed by atoms with Crippen molar-refractivity contribution in [1.82, 2.24) is 14.5 Å². The zero-order valence-corrected chi connectivity index (χ0v) is 22.7. The Kier molecular flexibility index (Phi) is 8.36. The molecule has 5 rings (SSSR count). The van der Waals surface area contributed by atoms with E-state index in [9.17, 15) is 27.3 Å². The molecule has 2 aromatic carbocycles. The molecular weight excluding hydrogens is 579 g/mol. The highest BCUT2D eigenvalue weighted by molar-refractivity contribution is 7.90. The van der Waals surface area contributed by atoms with Gasteiger partial charge in [-0.1, -0.05) is 12.1 Å². The van der Waals surface area contributed by atoms with Crippen molar-refractivity contribution < 1.29 is 41.1 Å². The van der Waals surface area contributed by atoms with E-state index in [1.807, 2.05) is 0 Å². The molecule has 0 fully saturated rings. The molecule has 10 nitrogen and oxygen atoms in total. The minimum Gasteiger partial charge on any atom is -0.609 e. The number of carbonyl (C=O) groups excluding carboxylic acids is 1. The number of imidazole rings is 1. The molecule has 0 aliphatic carbocycles. The normalized spacial score (nSPS) is 12.4. The Morgan fingerprint density at radius 3 is 2.67 bits per heavy atom. The molecule has 14 heteroatoms. The van der Waals surface area contributed by atoms with Gasteiger partial charge in [0, 0.05) is 40.5 Å². The maximum atomic E-state index is 13.4. The second-order valence-corrected chi connectivity index (χ2v) is 10.3. The lowest BCUT2D eigenvalue weighted by Crippen LogP contribution is -2.23. The van der Waals surface area contributed by atoms with Crippen molar-refractivity contribution >= 4 is 39.3 Å². The van der Waals surface area contributed by atoms with Crippen LogP contribution in [0, 0.1) is 6.92 Å². The molecule has 5 aromatic rings. The molecule has 3 aromatic heterocycles. The smallest absolute Gasteiger partial charge is 0.423 e. The Hall–Kier alpha value is -4.56. The minimum absolute atomic E-state index is 0.0345. The molecule has 0 spiro atoms. The third kappa shape index (κ3) is 6.66. The summed E-state index contributed by atoms with van der Waals surface area (Å²) in [5.74, 6) is 0.107. The van der Waals surface area contributed by atoms with Crippen LogP contribution in [0.25, 0.3) is 22.0 Å². The summed E-state index contributed by atoms with van der Waals surface area (Å²) in [7, 11) is 0. The van der Waals surface area contributed by atoms with E-state index in [1.54, 1.807) is 48.5 Å². The summed E-state index contributed by atoms with van der Waals surface area (Å²) < 4.78 is 73.4. The molecule has 0 saturated carbocycles. The van der Waals surface area contributed by atoms with Crippen LogP contribution in [0.15, 0.2) is 81.2 Å². The predicted molar refractivity (Wildman–Crippen MR) is 145 cm³/mol. The predicted octanol–water partition coefficient (Wildman–Crippen LogP) is 5.16. The topological polar surface area (TPSA) is 129 Å². The molecular formula is C28H22F3N3O7S. The first kappa shape index (κ1) is 29.0. The van der Waals surface area contributed by atoms with Crippen molar-refractivity contribution in [3.8, 4) is 11.5 Å². The van der Waals surface area contributed by atoms with Crippen molar-refractivity contribution in [2.45, 2.75) is 24.0 Å². The number of rotatable bonds is 9. The van der Waals surface area contributed by atoms with Gasteiger partial charge in [0.05, 0.1) is 16.7 Å². The average molecular weight is 602 g/mol. The van der Waals surface area contributed by atoms with Gasteiger partial charge in [0.25, 0.3) is 0 Å². The molecule has 0 radical (unpaired) electrons. The number of ether oxygens (including phenoxy) is 3. The van der Waals surface area contributed by atoms with Gasteiger partial charge < -0.3 is 23.2 Å². The number of alkyl halides is 3. The summed E-state index contributed by atoms with van der Waals surface area (Å²) >= 11 is -1.95. The fraction of sp³-hybridized carbons (Fsp3) is 0.214. The Balaban J connectivity index is 1.29. The van der Waals surface area contributed by atoms with Crippen LogP contribution in [0.1, 0.15) is 11.3 Å². The van der Waals surface area contributed by atoms with Crippen molar-refractivity contribution in [2.75, 3.05) is 19.8 Å². The number of hydrogen-bond acceptors (Lipinski definition) is 9. The lowest BCUT2D eigenvalue weighted by atomic mass is 10.2. The second-order valence-electron chi connectivity index (χ2n) is 8.91. The van der Waals surface area contributed by atoms with E-state index >= 15 is 0 Å². The number of fused-ring (bicyclic) bond motifs is 2. The summed E-state index contributed by atoms with van der Waals surface area (Å²) in [5.41, 5.74) is 1.09. The lowest BCUT2D eigenvalue weighted by Gasteiger charge is -2.15. The highest BCUT2D eigenvalue weighted by atomic mass is 32.2. The van der Waals surface area contributed by atoms with E-state index in [2.05, 4.69) is 9.97 Å². The summed E-state index contributed by atoms with van der Waals surface area (Å²) in [6.07, 6.45) is -4.12. The first-order chi connectivity index (χ1) is 20.1. The van der Waals surface area contributed by atoms with Gasteiger partial charge in [0.15, 0.2) is 12.4 Å². The van der Waals surface area contributed by atoms with Gasteiger partial charge in [0.2, 0.25) is 0 Å². The van der Waals surface area contributed by atoms with E-state index < -0.39 is 35.7 Å². The maximum absolute atomic E-state index is 13.4. The highest BCUT2D eigenvalue weighted by Crippen LogP contribution is 2.27. The number of benzene rings is 2. The zero-order chi connectivity index (χ0) is 29.9. The van der Waals surface area contributed by atoms with Crippen LogP contribution in [0.4, 0.5) is 18.0 Å². The Bertz CT molecular complexity index is 1810. The summed E-state index contributed by atoms with van der Waals surface area (Å²) in [4.78, 5) is 33.1.